The first-order chi connectivity index (χ1) is 7.15. The third-order valence-electron chi connectivity index (χ3n) is 2.95. The summed E-state index contributed by atoms with van der Waals surface area (Å²) >= 11 is 0. The zero-order valence-corrected chi connectivity index (χ0v) is 9.75. The van der Waals surface area contributed by atoms with E-state index >= 15 is 0 Å². The smallest absolute Gasteiger partial charge is 0.00609 e. The van der Waals surface area contributed by atoms with Crippen LogP contribution < -0.4 is 0 Å². The Kier molecular flexibility index (Phi) is 2.77. The van der Waals surface area contributed by atoms with Gasteiger partial charge in [-0.05, 0) is 32.8 Å². The summed E-state index contributed by atoms with van der Waals surface area (Å²) in [6.07, 6.45) is 5.83. The van der Waals surface area contributed by atoms with Gasteiger partial charge in [0.05, 0.1) is 0 Å². The molecular weight excluding hydrogens is 180 g/mol. The van der Waals surface area contributed by atoms with Crippen molar-refractivity contribution in [3.8, 4) is 0 Å². The highest BCUT2D eigenvalue weighted by Gasteiger charge is 2.13. The molecule has 0 N–H and O–H groups in total. The average Bonchev–Trinajstić information content (AvgIpc) is 2.16. The van der Waals surface area contributed by atoms with Crippen LogP contribution in [0.15, 0.2) is 47.6 Å². The predicted molar refractivity (Wildman–Crippen MR) is 66.1 cm³/mol. The van der Waals surface area contributed by atoms with E-state index in [2.05, 4.69) is 57.2 Å². The van der Waals surface area contributed by atoms with E-state index < -0.39 is 0 Å². The summed E-state index contributed by atoms with van der Waals surface area (Å²) < 4.78 is 0. The first-order valence-electron chi connectivity index (χ1n) is 5.57. The minimum absolute atomic E-state index is 0.579. The molecule has 0 spiro atoms. The maximum absolute atomic E-state index is 2.38. The Morgan fingerprint density at radius 3 is 2.60 bits per heavy atom. The van der Waals surface area contributed by atoms with Crippen molar-refractivity contribution in [1.29, 1.82) is 0 Å². The maximum atomic E-state index is 2.38. The fourth-order valence-corrected chi connectivity index (χ4v) is 2.33. The molecule has 0 bridgehead atoms. The van der Waals surface area contributed by atoms with Gasteiger partial charge in [-0.3, -0.25) is 0 Å². The van der Waals surface area contributed by atoms with E-state index in [0.717, 1.165) is 0 Å². The van der Waals surface area contributed by atoms with Crippen LogP contribution in [-0.2, 0) is 0 Å². The number of rotatable bonds is 1. The highest BCUT2D eigenvalue weighted by molar-refractivity contribution is 5.36. The van der Waals surface area contributed by atoms with Crippen LogP contribution >= 0.6 is 0 Å². The molecule has 0 heteroatoms. The Balaban J connectivity index is 2.30. The van der Waals surface area contributed by atoms with Gasteiger partial charge in [-0.1, -0.05) is 53.1 Å². The molecule has 1 aromatic rings. The van der Waals surface area contributed by atoms with E-state index in [4.69, 9.17) is 0 Å². The van der Waals surface area contributed by atoms with Crippen LogP contribution in [0.2, 0.25) is 0 Å². The lowest BCUT2D eigenvalue weighted by molar-refractivity contribution is 0.802. The molecule has 0 saturated carbocycles. The zero-order chi connectivity index (χ0) is 10.8. The van der Waals surface area contributed by atoms with Crippen molar-refractivity contribution in [2.45, 2.75) is 33.1 Å². The van der Waals surface area contributed by atoms with Crippen molar-refractivity contribution in [1.82, 2.24) is 0 Å². The Hall–Kier alpha value is -1.30. The molecule has 0 fully saturated rings. The third-order valence-corrected chi connectivity index (χ3v) is 2.95. The highest BCUT2D eigenvalue weighted by atomic mass is 14.2. The molecule has 0 nitrogen and oxygen atoms in total. The normalized spacial score (nSPS) is 20.9. The van der Waals surface area contributed by atoms with Gasteiger partial charge in [0.25, 0.3) is 0 Å². The number of hydrogen-bond acceptors (Lipinski definition) is 0. The van der Waals surface area contributed by atoms with Gasteiger partial charge in [0, 0.05) is 5.92 Å². The van der Waals surface area contributed by atoms with Gasteiger partial charge in [-0.2, -0.15) is 0 Å². The molecule has 1 aliphatic carbocycles. The first kappa shape index (κ1) is 10.2. The molecule has 1 atom stereocenters. The zero-order valence-electron chi connectivity index (χ0n) is 9.75. The summed E-state index contributed by atoms with van der Waals surface area (Å²) in [5.74, 6) is 0.579. The molecule has 2 rings (SSSR count). The van der Waals surface area contributed by atoms with Gasteiger partial charge in [-0.25, -0.2) is 0 Å². The molecule has 0 saturated heterocycles. The van der Waals surface area contributed by atoms with Crippen LogP contribution in [0.1, 0.15) is 37.3 Å². The number of hydrogen-bond donors (Lipinski definition) is 0. The largest absolute Gasteiger partial charge is 0.0738 e. The van der Waals surface area contributed by atoms with Crippen molar-refractivity contribution in [3.05, 3.63) is 58.7 Å². The van der Waals surface area contributed by atoms with Crippen LogP contribution in [0.3, 0.4) is 0 Å². The molecule has 0 radical (unpaired) electrons. The highest BCUT2D eigenvalue weighted by Crippen LogP contribution is 2.30. The van der Waals surface area contributed by atoms with Crippen molar-refractivity contribution < 1.29 is 0 Å². The number of allylic oxidation sites excluding steroid dienone is 4. The van der Waals surface area contributed by atoms with Gasteiger partial charge >= 0.3 is 0 Å². The maximum Gasteiger partial charge on any atom is 0.00609 e. The first-order valence-corrected chi connectivity index (χ1v) is 5.57. The van der Waals surface area contributed by atoms with Gasteiger partial charge in [0.1, 0.15) is 0 Å². The van der Waals surface area contributed by atoms with Gasteiger partial charge in [-0.15, -0.1) is 0 Å². The minimum Gasteiger partial charge on any atom is -0.0738 e. The Morgan fingerprint density at radius 1 is 1.13 bits per heavy atom. The van der Waals surface area contributed by atoms with Crippen molar-refractivity contribution in [3.63, 3.8) is 0 Å². The van der Waals surface area contributed by atoms with E-state index in [9.17, 15) is 0 Å². The third kappa shape index (κ3) is 2.38. The second kappa shape index (κ2) is 4.06. The summed E-state index contributed by atoms with van der Waals surface area (Å²) in [5.41, 5.74) is 5.68. The topological polar surface area (TPSA) is 0 Å². The van der Waals surface area contributed by atoms with E-state index in [1.807, 2.05) is 0 Å². The molecule has 1 aliphatic rings. The van der Waals surface area contributed by atoms with Crippen LogP contribution in [0.4, 0.5) is 0 Å². The Morgan fingerprint density at radius 2 is 1.93 bits per heavy atom. The van der Waals surface area contributed by atoms with Crippen molar-refractivity contribution in [2.24, 2.45) is 0 Å². The lowest BCUT2D eigenvalue weighted by Crippen LogP contribution is -2.01. The fourth-order valence-electron chi connectivity index (χ4n) is 2.33. The lowest BCUT2D eigenvalue weighted by Gasteiger charge is -2.19. The van der Waals surface area contributed by atoms with Gasteiger partial charge in [0.2, 0.25) is 0 Å². The van der Waals surface area contributed by atoms with E-state index in [1.165, 1.54) is 28.7 Å². The van der Waals surface area contributed by atoms with Crippen LogP contribution in [0.5, 0.6) is 0 Å². The molecule has 0 heterocycles. The van der Waals surface area contributed by atoms with Crippen molar-refractivity contribution in [2.75, 3.05) is 0 Å². The molecule has 1 aromatic carbocycles. The summed E-state index contributed by atoms with van der Waals surface area (Å²) in [6.45, 7) is 6.57. The van der Waals surface area contributed by atoms with Crippen molar-refractivity contribution >= 4 is 0 Å². The molecular formula is C15H18. The Bertz CT molecular complexity index is 421. The number of benzene rings is 1. The molecule has 0 amide bonds. The predicted octanol–water partition coefficient (Wildman–Crippen LogP) is 4.37. The summed E-state index contributed by atoms with van der Waals surface area (Å²) in [5, 5.41) is 0. The second-order valence-electron chi connectivity index (χ2n) is 4.63. The fraction of sp³-hybridized carbons (Fsp3) is 0.333. The molecule has 15 heavy (non-hydrogen) atoms. The summed E-state index contributed by atoms with van der Waals surface area (Å²) in [7, 11) is 0. The van der Waals surface area contributed by atoms with Crippen LogP contribution in [-0.4, -0.2) is 0 Å². The van der Waals surface area contributed by atoms with E-state index in [1.54, 1.807) is 0 Å². The van der Waals surface area contributed by atoms with Crippen LogP contribution in [0.25, 0.3) is 0 Å². The van der Waals surface area contributed by atoms with Crippen LogP contribution in [0, 0.1) is 6.92 Å². The standard InChI is InChI=1S/C15H18/c1-11-5-4-6-14(8-11)15-9-12(2)7-13(3)10-15/h4-9,15H,10H2,1-3H3. The molecule has 1 unspecified atom stereocenters. The van der Waals surface area contributed by atoms with Gasteiger partial charge < -0.3 is 0 Å². The van der Waals surface area contributed by atoms with E-state index in [0.29, 0.717) is 5.92 Å². The average molecular weight is 198 g/mol. The summed E-state index contributed by atoms with van der Waals surface area (Å²) in [4.78, 5) is 0. The Labute approximate surface area is 92.3 Å². The molecule has 0 aliphatic heterocycles. The molecule has 0 aromatic heterocycles. The summed E-state index contributed by atoms with van der Waals surface area (Å²) in [6, 6.07) is 8.85. The lowest BCUT2D eigenvalue weighted by atomic mass is 9.86. The van der Waals surface area contributed by atoms with E-state index in [-0.39, 0.29) is 0 Å². The minimum atomic E-state index is 0.579. The second-order valence-corrected chi connectivity index (χ2v) is 4.63. The SMILES string of the molecule is CC1=CC(c2cccc(C)c2)CC(C)=C1. The molecule has 78 valence electrons. The quantitative estimate of drug-likeness (QED) is 0.628. The number of aryl methyl sites for hydroxylation is 1. The monoisotopic (exact) mass is 198 g/mol. The van der Waals surface area contributed by atoms with Gasteiger partial charge in [0.15, 0.2) is 0 Å².